The molecule has 4 rings (SSSR count). The number of piperidine rings is 1. The first-order valence-corrected chi connectivity index (χ1v) is 12.5. The number of aliphatic imine (C=N–C) groups is 1. The quantitative estimate of drug-likeness (QED) is 0.484. The van der Waals surface area contributed by atoms with E-state index in [1.54, 1.807) is 7.11 Å². The van der Waals surface area contributed by atoms with Crippen LogP contribution in [-0.4, -0.2) is 66.1 Å². The van der Waals surface area contributed by atoms with Crippen LogP contribution in [0.25, 0.3) is 0 Å². The average Bonchev–Trinajstić information content (AvgIpc) is 3.31. The summed E-state index contributed by atoms with van der Waals surface area (Å²) in [5, 5.41) is 8.61. The zero-order chi connectivity index (χ0) is 25.3. The van der Waals surface area contributed by atoms with Crippen LogP contribution in [0.4, 0.5) is 19.0 Å². The normalized spacial score (nSPS) is 28.6. The Labute approximate surface area is 204 Å². The molecule has 0 bridgehead atoms. The standard InChI is InChI=1S/C25H36F3N5O2/c1-4-14(2)32-21(12-20(29)15-9-22(24(30)31-13-15)35-25(26,27)28)23-18-10-16(11-19(18)23)33-7-5-17(34-3)6-8-33/h9,13-14,16-19,23,29H,4-8,10-12H2,1-3H3,(H2,30,31). The highest BCUT2D eigenvalue weighted by Crippen LogP contribution is 2.59. The van der Waals surface area contributed by atoms with E-state index in [1.165, 1.54) is 6.20 Å². The molecule has 10 heteroatoms. The lowest BCUT2D eigenvalue weighted by Crippen LogP contribution is -2.43. The molecule has 3 atom stereocenters. The summed E-state index contributed by atoms with van der Waals surface area (Å²) < 4.78 is 47.6. The minimum absolute atomic E-state index is 0.136. The van der Waals surface area contributed by atoms with Crippen LogP contribution in [0.3, 0.4) is 0 Å². The summed E-state index contributed by atoms with van der Waals surface area (Å²) in [6, 6.07) is 1.88. The first-order chi connectivity index (χ1) is 16.6. The molecule has 0 amide bonds. The molecule has 3 fully saturated rings. The Balaban J connectivity index is 1.41. The van der Waals surface area contributed by atoms with Crippen molar-refractivity contribution in [1.29, 1.82) is 5.41 Å². The minimum atomic E-state index is -4.87. The van der Waals surface area contributed by atoms with Crippen molar-refractivity contribution in [2.24, 2.45) is 22.7 Å². The van der Waals surface area contributed by atoms with Crippen molar-refractivity contribution in [2.75, 3.05) is 25.9 Å². The smallest absolute Gasteiger partial charge is 0.402 e. The van der Waals surface area contributed by atoms with Gasteiger partial charge in [0.05, 0.1) is 6.10 Å². The molecule has 0 aromatic carbocycles. The number of pyridine rings is 1. The molecule has 35 heavy (non-hydrogen) atoms. The number of nitrogens with two attached hydrogens (primary N) is 1. The Morgan fingerprint density at radius 2 is 1.94 bits per heavy atom. The molecule has 2 saturated carbocycles. The Hall–Kier alpha value is -2.20. The first kappa shape index (κ1) is 25.9. The fourth-order valence-corrected chi connectivity index (χ4v) is 5.82. The molecule has 7 nitrogen and oxygen atoms in total. The maximum absolute atomic E-state index is 12.7. The third-order valence-electron chi connectivity index (χ3n) is 7.92. The molecule has 3 N–H and O–H groups in total. The Kier molecular flexibility index (Phi) is 7.71. The molecule has 194 valence electrons. The van der Waals surface area contributed by atoms with Gasteiger partial charge < -0.3 is 25.5 Å². The first-order valence-electron chi connectivity index (χ1n) is 12.5. The highest BCUT2D eigenvalue weighted by Gasteiger charge is 2.58. The van der Waals surface area contributed by atoms with Crippen LogP contribution in [-0.2, 0) is 4.74 Å². The maximum atomic E-state index is 12.7. The molecule has 0 spiro atoms. The summed E-state index contributed by atoms with van der Waals surface area (Å²) in [6.07, 6.45) is 2.47. The second kappa shape index (κ2) is 10.4. The number of ether oxygens (including phenoxy) is 2. The van der Waals surface area contributed by atoms with Gasteiger partial charge in [-0.05, 0) is 56.9 Å². The lowest BCUT2D eigenvalue weighted by atomic mass is 9.95. The molecule has 2 heterocycles. The van der Waals surface area contributed by atoms with Gasteiger partial charge in [0.15, 0.2) is 11.6 Å². The fraction of sp³-hybridized carbons (Fsp3) is 0.720. The van der Waals surface area contributed by atoms with Crippen molar-refractivity contribution in [2.45, 2.75) is 76.9 Å². The van der Waals surface area contributed by atoms with E-state index in [1.807, 2.05) is 0 Å². The zero-order valence-electron chi connectivity index (χ0n) is 20.6. The van der Waals surface area contributed by atoms with Crippen molar-refractivity contribution in [3.63, 3.8) is 0 Å². The van der Waals surface area contributed by atoms with E-state index in [4.69, 9.17) is 20.9 Å². The fourth-order valence-electron chi connectivity index (χ4n) is 5.82. The van der Waals surface area contributed by atoms with Crippen molar-refractivity contribution in [3.8, 4) is 5.75 Å². The van der Waals surface area contributed by atoms with E-state index in [0.29, 0.717) is 36.3 Å². The van der Waals surface area contributed by atoms with Gasteiger partial charge in [0.1, 0.15) is 0 Å². The van der Waals surface area contributed by atoms with Crippen LogP contribution in [0, 0.1) is 23.2 Å². The average molecular weight is 496 g/mol. The Morgan fingerprint density at radius 3 is 2.51 bits per heavy atom. The minimum Gasteiger partial charge on any atom is -0.402 e. The third kappa shape index (κ3) is 6.14. The Morgan fingerprint density at radius 1 is 1.29 bits per heavy atom. The Bertz CT molecular complexity index is 934. The van der Waals surface area contributed by atoms with Crippen LogP contribution in [0.1, 0.15) is 57.9 Å². The van der Waals surface area contributed by atoms with E-state index in [0.717, 1.165) is 57.0 Å². The molecular weight excluding hydrogens is 459 g/mol. The number of nitrogen functional groups attached to an aromatic ring is 1. The van der Waals surface area contributed by atoms with Gasteiger partial charge in [-0.25, -0.2) is 4.98 Å². The molecule has 1 aromatic rings. The molecule has 0 radical (unpaired) electrons. The van der Waals surface area contributed by atoms with Crippen molar-refractivity contribution in [1.82, 2.24) is 9.88 Å². The zero-order valence-corrected chi connectivity index (χ0v) is 20.6. The van der Waals surface area contributed by atoms with E-state index in [9.17, 15) is 13.2 Å². The summed E-state index contributed by atoms with van der Waals surface area (Å²) in [4.78, 5) is 11.4. The third-order valence-corrected chi connectivity index (χ3v) is 7.92. The van der Waals surface area contributed by atoms with Gasteiger partial charge in [-0.3, -0.25) is 4.99 Å². The van der Waals surface area contributed by atoms with Gasteiger partial charge >= 0.3 is 6.36 Å². The number of hydrogen-bond donors (Lipinski definition) is 2. The summed E-state index contributed by atoms with van der Waals surface area (Å²) in [7, 11) is 1.79. The molecule has 3 unspecified atom stereocenters. The number of rotatable bonds is 9. The topological polar surface area (TPSA) is 96.8 Å². The number of halogens is 3. The monoisotopic (exact) mass is 495 g/mol. The number of methoxy groups -OCH3 is 1. The molecule has 2 aliphatic carbocycles. The van der Waals surface area contributed by atoms with Crippen LogP contribution < -0.4 is 10.5 Å². The maximum Gasteiger partial charge on any atom is 0.573 e. The molecule has 1 aromatic heterocycles. The molecule has 3 aliphatic rings. The summed E-state index contributed by atoms with van der Waals surface area (Å²) in [5.74, 6) is 0.562. The number of nitrogens with zero attached hydrogens (tertiary/aromatic N) is 3. The number of anilines is 1. The summed E-state index contributed by atoms with van der Waals surface area (Å²) in [5.41, 5.74) is 6.98. The van der Waals surface area contributed by atoms with Crippen molar-refractivity contribution in [3.05, 3.63) is 17.8 Å². The predicted molar refractivity (Wildman–Crippen MR) is 129 cm³/mol. The van der Waals surface area contributed by atoms with E-state index in [2.05, 4.69) is 28.5 Å². The van der Waals surface area contributed by atoms with Crippen LogP contribution in [0.2, 0.25) is 0 Å². The molecule has 1 aliphatic heterocycles. The van der Waals surface area contributed by atoms with Crippen LogP contribution >= 0.6 is 0 Å². The van der Waals surface area contributed by atoms with Gasteiger partial charge in [-0.15, -0.1) is 13.2 Å². The van der Waals surface area contributed by atoms with E-state index < -0.39 is 12.1 Å². The van der Waals surface area contributed by atoms with Crippen LogP contribution in [0.5, 0.6) is 5.75 Å². The number of hydrogen-bond acceptors (Lipinski definition) is 7. The molecular formula is C25H36F3N5O2. The van der Waals surface area contributed by atoms with Gasteiger partial charge in [0, 0.05) is 67.8 Å². The second-order valence-electron chi connectivity index (χ2n) is 10.1. The number of likely N-dealkylation sites (tertiary alicyclic amines) is 1. The van der Waals surface area contributed by atoms with E-state index in [-0.39, 0.29) is 23.1 Å². The van der Waals surface area contributed by atoms with Crippen LogP contribution in [0.15, 0.2) is 17.3 Å². The SMILES string of the molecule is CCC(C)N=C(CC(=N)c1cnc(N)c(OC(F)(F)F)c1)C1C2CC(N3CCC(OC)CC3)CC21. The molecule has 1 saturated heterocycles. The van der Waals surface area contributed by atoms with Crippen molar-refractivity contribution < 1.29 is 22.6 Å². The second-order valence-corrected chi connectivity index (χ2v) is 10.1. The van der Waals surface area contributed by atoms with Crippen molar-refractivity contribution >= 4 is 17.2 Å². The highest BCUT2D eigenvalue weighted by molar-refractivity contribution is 6.12. The summed E-state index contributed by atoms with van der Waals surface area (Å²) in [6.45, 7) is 6.30. The lowest BCUT2D eigenvalue weighted by Gasteiger charge is -2.36. The lowest BCUT2D eigenvalue weighted by molar-refractivity contribution is -0.274. The van der Waals surface area contributed by atoms with E-state index >= 15 is 0 Å². The number of nitrogens with one attached hydrogen (secondary N) is 1. The predicted octanol–water partition coefficient (Wildman–Crippen LogP) is 4.70. The largest absolute Gasteiger partial charge is 0.573 e. The van der Waals surface area contributed by atoms with Gasteiger partial charge in [0.2, 0.25) is 0 Å². The number of alkyl halides is 3. The van der Waals surface area contributed by atoms with Gasteiger partial charge in [0.25, 0.3) is 0 Å². The van der Waals surface area contributed by atoms with Gasteiger partial charge in [-0.2, -0.15) is 0 Å². The summed E-state index contributed by atoms with van der Waals surface area (Å²) >= 11 is 0. The highest BCUT2D eigenvalue weighted by atomic mass is 19.4. The number of aromatic nitrogens is 1. The number of fused-ring (bicyclic) bond motifs is 1. The van der Waals surface area contributed by atoms with Gasteiger partial charge in [-0.1, -0.05) is 6.92 Å².